The van der Waals surface area contributed by atoms with Gasteiger partial charge in [0.05, 0.1) is 16.4 Å². The minimum absolute atomic E-state index is 0.0413. The maximum absolute atomic E-state index is 11.6. The first-order valence-corrected chi connectivity index (χ1v) is 6.54. The molecule has 1 heterocycles. The zero-order valence-electron chi connectivity index (χ0n) is 11.2. The summed E-state index contributed by atoms with van der Waals surface area (Å²) < 4.78 is 5.38. The maximum atomic E-state index is 11.6. The Balaban J connectivity index is 2.19. The second-order valence-corrected chi connectivity index (χ2v) is 5.11. The summed E-state index contributed by atoms with van der Waals surface area (Å²) in [5, 5.41) is 20.4. The molecule has 0 aliphatic carbocycles. The fourth-order valence-electron chi connectivity index (χ4n) is 2.75. The van der Waals surface area contributed by atoms with Crippen molar-refractivity contribution in [2.75, 3.05) is 6.61 Å². The number of nitrogens with zero attached hydrogens (tertiary/aromatic N) is 1. The summed E-state index contributed by atoms with van der Waals surface area (Å²) in [5.74, 6) is -0.888. The van der Waals surface area contributed by atoms with E-state index in [9.17, 15) is 20.0 Å². The van der Waals surface area contributed by atoms with E-state index in [1.54, 1.807) is 25.1 Å². The predicted octanol–water partition coefficient (Wildman–Crippen LogP) is 2.41. The zero-order chi connectivity index (χ0) is 14.8. The number of nitro groups is 1. The molecule has 1 aromatic rings. The largest absolute Gasteiger partial charge is 0.481 e. The molecule has 2 atom stereocenters. The number of benzene rings is 1. The average molecular weight is 279 g/mol. The molecule has 6 heteroatoms. The number of carbonyl (C=O) groups is 1. The molecule has 1 aromatic carbocycles. The molecule has 0 bridgehead atoms. The van der Waals surface area contributed by atoms with Crippen molar-refractivity contribution in [1.82, 2.24) is 0 Å². The quantitative estimate of drug-likeness (QED) is 0.660. The highest BCUT2D eigenvalue weighted by atomic mass is 16.6. The summed E-state index contributed by atoms with van der Waals surface area (Å²) in [6.07, 6.45) is 0.776. The van der Waals surface area contributed by atoms with Gasteiger partial charge < -0.3 is 9.84 Å². The fraction of sp³-hybridized carbons (Fsp3) is 0.500. The molecule has 0 radical (unpaired) electrons. The van der Waals surface area contributed by atoms with E-state index >= 15 is 0 Å². The number of para-hydroxylation sites is 1. The number of hydrogen-bond acceptors (Lipinski definition) is 4. The Labute approximate surface area is 116 Å². The van der Waals surface area contributed by atoms with Crippen molar-refractivity contribution in [3.8, 4) is 0 Å². The summed E-state index contributed by atoms with van der Waals surface area (Å²) in [4.78, 5) is 22.1. The Kier molecular flexibility index (Phi) is 4.04. The van der Waals surface area contributed by atoms with Gasteiger partial charge in [-0.2, -0.15) is 0 Å². The first kappa shape index (κ1) is 14.5. The second-order valence-electron chi connectivity index (χ2n) is 5.11. The van der Waals surface area contributed by atoms with Crippen LogP contribution in [0.15, 0.2) is 24.3 Å². The van der Waals surface area contributed by atoms with Crippen molar-refractivity contribution in [2.45, 2.75) is 32.3 Å². The van der Waals surface area contributed by atoms with Crippen LogP contribution in [0.2, 0.25) is 0 Å². The molecule has 6 nitrogen and oxygen atoms in total. The van der Waals surface area contributed by atoms with Gasteiger partial charge in [0.1, 0.15) is 0 Å². The van der Waals surface area contributed by atoms with E-state index in [0.717, 1.165) is 0 Å². The summed E-state index contributed by atoms with van der Waals surface area (Å²) in [6, 6.07) is 6.45. The number of aryl methyl sites for hydroxylation is 1. The highest BCUT2D eigenvalue weighted by molar-refractivity contribution is 5.75. The highest BCUT2D eigenvalue weighted by Crippen LogP contribution is 2.40. The van der Waals surface area contributed by atoms with Crippen LogP contribution in [-0.4, -0.2) is 28.7 Å². The van der Waals surface area contributed by atoms with Crippen molar-refractivity contribution >= 4 is 11.7 Å². The van der Waals surface area contributed by atoms with Crippen LogP contribution in [0.3, 0.4) is 0 Å². The number of carboxylic acids is 1. The topological polar surface area (TPSA) is 89.7 Å². The summed E-state index contributed by atoms with van der Waals surface area (Å²) in [7, 11) is 0. The van der Waals surface area contributed by atoms with Gasteiger partial charge in [-0.1, -0.05) is 18.2 Å². The van der Waals surface area contributed by atoms with Crippen molar-refractivity contribution in [3.63, 3.8) is 0 Å². The van der Waals surface area contributed by atoms with Gasteiger partial charge in [0, 0.05) is 18.2 Å². The molecule has 0 spiro atoms. The number of nitro benzene ring substituents is 1. The summed E-state index contributed by atoms with van der Waals surface area (Å²) in [5.41, 5.74) is -0.333. The van der Waals surface area contributed by atoms with Gasteiger partial charge in [0.25, 0.3) is 5.69 Å². The lowest BCUT2D eigenvalue weighted by Gasteiger charge is -2.27. The zero-order valence-corrected chi connectivity index (χ0v) is 11.2. The van der Waals surface area contributed by atoms with Crippen molar-refractivity contribution in [1.29, 1.82) is 0 Å². The molecule has 108 valence electrons. The SMILES string of the molecule is CC1OCCC1(CCc1ccccc1[N+](=O)[O-])C(=O)O. The molecule has 0 amide bonds. The maximum Gasteiger partial charge on any atom is 0.312 e. The van der Waals surface area contributed by atoms with Crippen molar-refractivity contribution < 1.29 is 19.6 Å². The lowest BCUT2D eigenvalue weighted by atomic mass is 9.76. The van der Waals surface area contributed by atoms with Crippen LogP contribution in [-0.2, 0) is 16.0 Å². The van der Waals surface area contributed by atoms with E-state index in [4.69, 9.17) is 4.74 Å². The lowest BCUT2D eigenvalue weighted by molar-refractivity contribution is -0.385. The third-order valence-corrected chi connectivity index (χ3v) is 4.15. The minimum atomic E-state index is -0.941. The molecule has 2 unspecified atom stereocenters. The Morgan fingerprint density at radius 3 is 2.80 bits per heavy atom. The molecule has 1 N–H and O–H groups in total. The van der Waals surface area contributed by atoms with E-state index < -0.39 is 16.3 Å². The Bertz CT molecular complexity index is 530. The third kappa shape index (κ3) is 2.51. The van der Waals surface area contributed by atoms with E-state index in [2.05, 4.69) is 0 Å². The number of ether oxygens (including phenoxy) is 1. The van der Waals surface area contributed by atoms with Gasteiger partial charge in [-0.25, -0.2) is 0 Å². The van der Waals surface area contributed by atoms with Crippen LogP contribution >= 0.6 is 0 Å². The Morgan fingerprint density at radius 2 is 2.25 bits per heavy atom. The van der Waals surface area contributed by atoms with E-state index in [0.29, 0.717) is 31.4 Å². The summed E-state index contributed by atoms with van der Waals surface area (Å²) >= 11 is 0. The normalized spacial score (nSPS) is 25.6. The molecular weight excluding hydrogens is 262 g/mol. The van der Waals surface area contributed by atoms with Gasteiger partial charge in [-0.15, -0.1) is 0 Å². The van der Waals surface area contributed by atoms with E-state index in [1.165, 1.54) is 6.07 Å². The number of rotatable bonds is 5. The molecule has 0 saturated carbocycles. The molecule has 1 saturated heterocycles. The fourth-order valence-corrected chi connectivity index (χ4v) is 2.75. The molecule has 2 rings (SSSR count). The van der Waals surface area contributed by atoms with E-state index in [1.807, 2.05) is 0 Å². The average Bonchev–Trinajstić information content (AvgIpc) is 2.79. The van der Waals surface area contributed by atoms with Gasteiger partial charge in [0.2, 0.25) is 0 Å². The monoisotopic (exact) mass is 279 g/mol. The van der Waals surface area contributed by atoms with Crippen LogP contribution in [0.4, 0.5) is 5.69 Å². The molecule has 20 heavy (non-hydrogen) atoms. The van der Waals surface area contributed by atoms with Crippen LogP contribution < -0.4 is 0 Å². The number of carboxylic acid groups (broad SMARTS) is 1. The Hall–Kier alpha value is -1.95. The lowest BCUT2D eigenvalue weighted by Crippen LogP contribution is -2.37. The van der Waals surface area contributed by atoms with Gasteiger partial charge in [-0.3, -0.25) is 14.9 Å². The van der Waals surface area contributed by atoms with Gasteiger partial charge in [-0.05, 0) is 26.2 Å². The van der Waals surface area contributed by atoms with Crippen LogP contribution in [0.25, 0.3) is 0 Å². The smallest absolute Gasteiger partial charge is 0.312 e. The van der Waals surface area contributed by atoms with Gasteiger partial charge in [0.15, 0.2) is 0 Å². The standard InChI is InChI=1S/C14H17NO5/c1-10-14(13(16)17,8-9-20-10)7-6-11-4-2-3-5-12(11)15(18)19/h2-5,10H,6-9H2,1H3,(H,16,17). The van der Waals surface area contributed by atoms with Crippen molar-refractivity contribution in [3.05, 3.63) is 39.9 Å². The van der Waals surface area contributed by atoms with Crippen LogP contribution in [0.1, 0.15) is 25.3 Å². The second kappa shape index (κ2) is 5.58. The van der Waals surface area contributed by atoms with Crippen LogP contribution in [0.5, 0.6) is 0 Å². The van der Waals surface area contributed by atoms with Crippen molar-refractivity contribution in [2.24, 2.45) is 5.41 Å². The highest BCUT2D eigenvalue weighted by Gasteiger charge is 2.47. The predicted molar refractivity (Wildman–Crippen MR) is 71.5 cm³/mol. The first-order valence-electron chi connectivity index (χ1n) is 6.54. The minimum Gasteiger partial charge on any atom is -0.481 e. The molecule has 1 aliphatic rings. The molecular formula is C14H17NO5. The third-order valence-electron chi connectivity index (χ3n) is 4.15. The molecule has 1 aliphatic heterocycles. The van der Waals surface area contributed by atoms with E-state index in [-0.39, 0.29) is 11.8 Å². The number of hydrogen-bond donors (Lipinski definition) is 1. The molecule has 0 aromatic heterocycles. The number of aliphatic carboxylic acids is 1. The first-order chi connectivity index (χ1) is 9.47. The Morgan fingerprint density at radius 1 is 1.55 bits per heavy atom. The molecule has 1 fully saturated rings. The summed E-state index contributed by atoms with van der Waals surface area (Å²) in [6.45, 7) is 2.17. The van der Waals surface area contributed by atoms with Gasteiger partial charge >= 0.3 is 5.97 Å². The van der Waals surface area contributed by atoms with Crippen LogP contribution in [0, 0.1) is 15.5 Å².